The van der Waals surface area contributed by atoms with E-state index >= 15 is 0 Å². The van der Waals surface area contributed by atoms with Gasteiger partial charge in [0.15, 0.2) is 5.82 Å². The fourth-order valence-corrected chi connectivity index (χ4v) is 2.41. The van der Waals surface area contributed by atoms with E-state index < -0.39 is 0 Å². The summed E-state index contributed by atoms with van der Waals surface area (Å²) in [5.41, 5.74) is 3.55. The summed E-state index contributed by atoms with van der Waals surface area (Å²) in [6.07, 6.45) is 1.87. The molecule has 1 N–H and O–H groups in total. The number of nitrogens with one attached hydrogen (secondary N) is 1. The zero-order chi connectivity index (χ0) is 16.0. The van der Waals surface area contributed by atoms with Gasteiger partial charge in [-0.1, -0.05) is 6.92 Å². The van der Waals surface area contributed by atoms with Gasteiger partial charge in [0.05, 0.1) is 0 Å². The van der Waals surface area contributed by atoms with Gasteiger partial charge in [0.1, 0.15) is 6.10 Å². The molecule has 21 heavy (non-hydrogen) atoms. The van der Waals surface area contributed by atoms with Crippen LogP contribution in [-0.4, -0.2) is 28.7 Å². The van der Waals surface area contributed by atoms with Crippen molar-refractivity contribution >= 4 is 0 Å². The Kier molecular flexibility index (Phi) is 6.75. The van der Waals surface area contributed by atoms with E-state index in [1.807, 2.05) is 6.92 Å². The van der Waals surface area contributed by atoms with Crippen LogP contribution in [0.3, 0.4) is 0 Å². The maximum absolute atomic E-state index is 5.72. The predicted molar refractivity (Wildman–Crippen MR) is 87.6 cm³/mol. The van der Waals surface area contributed by atoms with E-state index in [4.69, 9.17) is 4.74 Å². The van der Waals surface area contributed by atoms with Crippen molar-refractivity contribution < 1.29 is 4.74 Å². The quantitative estimate of drug-likeness (QED) is 0.835. The molecule has 120 valence electrons. The van der Waals surface area contributed by atoms with E-state index in [0.29, 0.717) is 6.61 Å². The van der Waals surface area contributed by atoms with Gasteiger partial charge in [-0.05, 0) is 66.5 Å². The van der Waals surface area contributed by atoms with Gasteiger partial charge in [-0.15, -0.1) is 0 Å². The maximum atomic E-state index is 5.72. The third-order valence-electron chi connectivity index (χ3n) is 3.49. The molecular weight excluding hydrogens is 262 g/mol. The summed E-state index contributed by atoms with van der Waals surface area (Å²) >= 11 is 0. The lowest BCUT2D eigenvalue weighted by Gasteiger charge is -2.21. The second-order valence-electron chi connectivity index (χ2n) is 6.51. The molecule has 0 saturated carbocycles. The molecule has 0 bridgehead atoms. The van der Waals surface area contributed by atoms with Crippen LogP contribution in [-0.2, 0) is 11.2 Å². The molecule has 0 amide bonds. The molecule has 4 heteroatoms. The number of ether oxygens (including phenoxy) is 1. The van der Waals surface area contributed by atoms with Gasteiger partial charge in [-0.3, -0.25) is 0 Å². The van der Waals surface area contributed by atoms with Gasteiger partial charge in [-0.2, -0.15) is 0 Å². The van der Waals surface area contributed by atoms with Crippen molar-refractivity contribution in [2.24, 2.45) is 0 Å². The molecular formula is C17H31N3O. The molecule has 0 aromatic carbocycles. The van der Waals surface area contributed by atoms with Crippen LogP contribution in [0.1, 0.15) is 69.9 Å². The van der Waals surface area contributed by atoms with E-state index in [2.05, 4.69) is 56.8 Å². The zero-order valence-electron chi connectivity index (χ0n) is 14.7. The summed E-state index contributed by atoms with van der Waals surface area (Å²) in [7, 11) is 0. The van der Waals surface area contributed by atoms with Gasteiger partial charge in [0.25, 0.3) is 0 Å². The third kappa shape index (κ3) is 5.71. The number of aromatic nitrogens is 2. The first-order chi connectivity index (χ1) is 9.78. The fraction of sp³-hybridized carbons (Fsp3) is 0.765. The van der Waals surface area contributed by atoms with E-state index in [-0.39, 0.29) is 11.6 Å². The minimum atomic E-state index is 0.00847. The molecule has 0 saturated heterocycles. The summed E-state index contributed by atoms with van der Waals surface area (Å²) in [5, 5.41) is 3.51. The SMILES string of the molecule is CCOC(CC)c1nc(C)c(CCNC(C)(C)C)c(C)n1. The molecule has 1 unspecified atom stereocenters. The van der Waals surface area contributed by atoms with Crippen LogP contribution in [0.4, 0.5) is 0 Å². The molecule has 1 aromatic rings. The van der Waals surface area contributed by atoms with Crippen molar-refractivity contribution in [2.75, 3.05) is 13.2 Å². The van der Waals surface area contributed by atoms with Crippen LogP contribution in [0.5, 0.6) is 0 Å². The van der Waals surface area contributed by atoms with Gasteiger partial charge < -0.3 is 10.1 Å². The zero-order valence-corrected chi connectivity index (χ0v) is 14.7. The van der Waals surface area contributed by atoms with Crippen molar-refractivity contribution in [1.82, 2.24) is 15.3 Å². The number of rotatable bonds is 7. The molecule has 0 fully saturated rings. The van der Waals surface area contributed by atoms with Crippen molar-refractivity contribution in [3.8, 4) is 0 Å². The molecule has 4 nitrogen and oxygen atoms in total. The molecule has 1 heterocycles. The predicted octanol–water partition coefficient (Wildman–Crippen LogP) is 3.51. The summed E-state index contributed by atoms with van der Waals surface area (Å²) in [6, 6.07) is 0. The Labute approximate surface area is 129 Å². The molecule has 0 aliphatic carbocycles. The Balaban J connectivity index is 2.84. The van der Waals surface area contributed by atoms with Crippen LogP contribution in [0.2, 0.25) is 0 Å². The second kappa shape index (κ2) is 7.85. The van der Waals surface area contributed by atoms with E-state index in [1.165, 1.54) is 5.56 Å². The van der Waals surface area contributed by atoms with Crippen molar-refractivity contribution in [2.45, 2.75) is 73.0 Å². The number of aryl methyl sites for hydroxylation is 2. The van der Waals surface area contributed by atoms with E-state index in [1.54, 1.807) is 0 Å². The average Bonchev–Trinajstić information content (AvgIpc) is 2.37. The van der Waals surface area contributed by atoms with Gasteiger partial charge >= 0.3 is 0 Å². The normalized spacial score (nSPS) is 13.5. The number of nitrogens with zero attached hydrogens (tertiary/aromatic N) is 2. The lowest BCUT2D eigenvalue weighted by atomic mass is 10.1. The Morgan fingerprint density at radius 1 is 1.10 bits per heavy atom. The van der Waals surface area contributed by atoms with E-state index in [9.17, 15) is 0 Å². The highest BCUT2D eigenvalue weighted by molar-refractivity contribution is 5.25. The second-order valence-corrected chi connectivity index (χ2v) is 6.51. The molecule has 1 aromatic heterocycles. The van der Waals surface area contributed by atoms with Gasteiger partial charge in [0.2, 0.25) is 0 Å². The number of hydrogen-bond donors (Lipinski definition) is 1. The Morgan fingerprint density at radius 3 is 2.10 bits per heavy atom. The molecule has 1 atom stereocenters. The van der Waals surface area contributed by atoms with Gasteiger partial charge in [0, 0.05) is 23.5 Å². The standard InChI is InChI=1S/C17H31N3O/c1-8-15(21-9-2)16-19-12(3)14(13(4)20-16)10-11-18-17(5,6)7/h15,18H,8-11H2,1-7H3. The lowest BCUT2D eigenvalue weighted by molar-refractivity contribution is 0.0532. The van der Waals surface area contributed by atoms with Crippen LogP contribution < -0.4 is 5.32 Å². The Bertz CT molecular complexity index is 429. The average molecular weight is 293 g/mol. The third-order valence-corrected chi connectivity index (χ3v) is 3.49. The van der Waals surface area contributed by atoms with Crippen LogP contribution >= 0.6 is 0 Å². The summed E-state index contributed by atoms with van der Waals surface area (Å²) < 4.78 is 5.72. The summed E-state index contributed by atoms with van der Waals surface area (Å²) in [6.45, 7) is 16.4. The first-order valence-corrected chi connectivity index (χ1v) is 7.99. The molecule has 0 radical (unpaired) electrons. The summed E-state index contributed by atoms with van der Waals surface area (Å²) in [4.78, 5) is 9.35. The fourth-order valence-electron chi connectivity index (χ4n) is 2.41. The minimum Gasteiger partial charge on any atom is -0.371 e. The number of hydrogen-bond acceptors (Lipinski definition) is 4. The highest BCUT2D eigenvalue weighted by Crippen LogP contribution is 2.20. The Morgan fingerprint density at radius 2 is 1.67 bits per heavy atom. The highest BCUT2D eigenvalue weighted by Gasteiger charge is 2.16. The molecule has 0 aliphatic rings. The van der Waals surface area contributed by atoms with Crippen LogP contribution in [0.25, 0.3) is 0 Å². The highest BCUT2D eigenvalue weighted by atomic mass is 16.5. The molecule has 0 aliphatic heterocycles. The maximum Gasteiger partial charge on any atom is 0.157 e. The first-order valence-electron chi connectivity index (χ1n) is 7.99. The van der Waals surface area contributed by atoms with Crippen molar-refractivity contribution in [1.29, 1.82) is 0 Å². The monoisotopic (exact) mass is 293 g/mol. The molecule has 1 rings (SSSR count). The van der Waals surface area contributed by atoms with Crippen molar-refractivity contribution in [3.63, 3.8) is 0 Å². The van der Waals surface area contributed by atoms with Crippen LogP contribution in [0, 0.1) is 13.8 Å². The largest absolute Gasteiger partial charge is 0.371 e. The van der Waals surface area contributed by atoms with E-state index in [0.717, 1.165) is 36.6 Å². The van der Waals surface area contributed by atoms with Crippen molar-refractivity contribution in [3.05, 3.63) is 22.8 Å². The first kappa shape index (κ1) is 18.1. The smallest absolute Gasteiger partial charge is 0.157 e. The molecule has 0 spiro atoms. The van der Waals surface area contributed by atoms with Gasteiger partial charge in [-0.25, -0.2) is 9.97 Å². The minimum absolute atomic E-state index is 0.00847. The topological polar surface area (TPSA) is 47.0 Å². The lowest BCUT2D eigenvalue weighted by Crippen LogP contribution is -2.37. The van der Waals surface area contributed by atoms with Crippen LogP contribution in [0.15, 0.2) is 0 Å². The Hall–Kier alpha value is -1.00. The summed E-state index contributed by atoms with van der Waals surface area (Å²) in [5.74, 6) is 0.821.